The van der Waals surface area contributed by atoms with Crippen molar-refractivity contribution in [2.75, 3.05) is 17.2 Å². The van der Waals surface area contributed by atoms with Crippen molar-refractivity contribution in [3.63, 3.8) is 0 Å². The predicted octanol–water partition coefficient (Wildman–Crippen LogP) is 3.25. The maximum absolute atomic E-state index is 12.3. The average molecular weight is 296 g/mol. The second-order valence-electron chi connectivity index (χ2n) is 5.19. The molecule has 1 amide bonds. The molecule has 0 saturated carbocycles. The fraction of sp³-hybridized carbons (Fsp3) is 0.235. The SMILES string of the molecule is C=CCNc1ncc(C(=O)Nc2c(C)cc(C)cc2C)cn1. The first-order valence-corrected chi connectivity index (χ1v) is 7.07. The quantitative estimate of drug-likeness (QED) is 0.831. The van der Waals surface area contributed by atoms with Crippen LogP contribution in [0.15, 0.2) is 37.2 Å². The fourth-order valence-corrected chi connectivity index (χ4v) is 2.26. The predicted molar refractivity (Wildman–Crippen MR) is 89.3 cm³/mol. The molecular formula is C17H20N4O. The van der Waals surface area contributed by atoms with Crippen LogP contribution in [0.1, 0.15) is 27.0 Å². The minimum Gasteiger partial charge on any atom is -0.351 e. The van der Waals surface area contributed by atoms with Crippen LogP contribution in [0.3, 0.4) is 0 Å². The minimum atomic E-state index is -0.217. The highest BCUT2D eigenvalue weighted by Crippen LogP contribution is 2.22. The number of hydrogen-bond acceptors (Lipinski definition) is 4. The third-order valence-electron chi connectivity index (χ3n) is 3.23. The Kier molecular flexibility index (Phi) is 4.88. The van der Waals surface area contributed by atoms with Crippen LogP contribution in [0.5, 0.6) is 0 Å². The van der Waals surface area contributed by atoms with Gasteiger partial charge in [-0.05, 0) is 31.9 Å². The lowest BCUT2D eigenvalue weighted by atomic mass is 10.0. The summed E-state index contributed by atoms with van der Waals surface area (Å²) in [6, 6.07) is 4.09. The van der Waals surface area contributed by atoms with Crippen LogP contribution >= 0.6 is 0 Å². The lowest BCUT2D eigenvalue weighted by Crippen LogP contribution is -2.15. The summed E-state index contributed by atoms with van der Waals surface area (Å²) < 4.78 is 0. The molecule has 0 saturated heterocycles. The minimum absolute atomic E-state index is 0.217. The largest absolute Gasteiger partial charge is 0.351 e. The number of nitrogens with zero attached hydrogens (tertiary/aromatic N) is 2. The monoisotopic (exact) mass is 296 g/mol. The van der Waals surface area contributed by atoms with Crippen molar-refractivity contribution >= 4 is 17.5 Å². The molecule has 1 heterocycles. The molecule has 5 nitrogen and oxygen atoms in total. The summed E-state index contributed by atoms with van der Waals surface area (Å²) >= 11 is 0. The van der Waals surface area contributed by atoms with E-state index in [1.54, 1.807) is 6.08 Å². The van der Waals surface area contributed by atoms with E-state index in [1.807, 2.05) is 32.9 Å². The summed E-state index contributed by atoms with van der Waals surface area (Å²) in [6.07, 6.45) is 4.73. The van der Waals surface area contributed by atoms with Gasteiger partial charge in [0.25, 0.3) is 5.91 Å². The summed E-state index contributed by atoms with van der Waals surface area (Å²) in [4.78, 5) is 20.5. The van der Waals surface area contributed by atoms with Gasteiger partial charge in [-0.1, -0.05) is 23.8 Å². The van der Waals surface area contributed by atoms with E-state index in [0.717, 1.165) is 16.8 Å². The number of rotatable bonds is 5. The van der Waals surface area contributed by atoms with E-state index in [9.17, 15) is 4.79 Å². The first-order chi connectivity index (χ1) is 10.5. The van der Waals surface area contributed by atoms with Gasteiger partial charge in [0, 0.05) is 24.6 Å². The lowest BCUT2D eigenvalue weighted by molar-refractivity contribution is 0.102. The summed E-state index contributed by atoms with van der Waals surface area (Å²) in [7, 11) is 0. The molecule has 2 rings (SSSR count). The van der Waals surface area contributed by atoms with Crippen molar-refractivity contribution in [2.24, 2.45) is 0 Å². The molecule has 0 radical (unpaired) electrons. The Balaban J connectivity index is 2.14. The normalized spacial score (nSPS) is 10.1. The number of anilines is 2. The molecule has 0 unspecified atom stereocenters. The molecule has 0 bridgehead atoms. The zero-order valence-corrected chi connectivity index (χ0v) is 13.1. The van der Waals surface area contributed by atoms with Crippen LogP contribution < -0.4 is 10.6 Å². The maximum atomic E-state index is 12.3. The van der Waals surface area contributed by atoms with Gasteiger partial charge < -0.3 is 10.6 Å². The third-order valence-corrected chi connectivity index (χ3v) is 3.23. The zero-order valence-electron chi connectivity index (χ0n) is 13.1. The lowest BCUT2D eigenvalue weighted by Gasteiger charge is -2.12. The first kappa shape index (κ1) is 15.7. The molecule has 0 fully saturated rings. The van der Waals surface area contributed by atoms with E-state index >= 15 is 0 Å². The zero-order chi connectivity index (χ0) is 16.1. The van der Waals surface area contributed by atoms with E-state index in [2.05, 4.69) is 27.2 Å². The summed E-state index contributed by atoms with van der Waals surface area (Å²) in [5, 5.41) is 5.89. The van der Waals surface area contributed by atoms with Crippen LogP contribution in [0.25, 0.3) is 0 Å². The third kappa shape index (κ3) is 3.69. The number of amides is 1. The van der Waals surface area contributed by atoms with Crippen LogP contribution in [-0.2, 0) is 0 Å². The Bertz CT molecular complexity index is 669. The summed E-state index contributed by atoms with van der Waals surface area (Å²) in [6.45, 7) is 10.2. The molecule has 2 aromatic rings. The second kappa shape index (κ2) is 6.85. The molecule has 0 aliphatic rings. The van der Waals surface area contributed by atoms with Crippen LogP contribution in [0.2, 0.25) is 0 Å². The highest BCUT2D eigenvalue weighted by atomic mass is 16.1. The Morgan fingerprint density at radius 1 is 1.18 bits per heavy atom. The average Bonchev–Trinajstić information content (AvgIpc) is 2.49. The van der Waals surface area contributed by atoms with Crippen LogP contribution in [0, 0.1) is 20.8 Å². The molecule has 22 heavy (non-hydrogen) atoms. The second-order valence-corrected chi connectivity index (χ2v) is 5.19. The Morgan fingerprint density at radius 2 is 1.77 bits per heavy atom. The van der Waals surface area contributed by atoms with E-state index in [4.69, 9.17) is 0 Å². The number of aromatic nitrogens is 2. The molecule has 2 N–H and O–H groups in total. The van der Waals surface area contributed by atoms with E-state index < -0.39 is 0 Å². The van der Waals surface area contributed by atoms with Crippen LogP contribution in [0.4, 0.5) is 11.6 Å². The van der Waals surface area contributed by atoms with Crippen LogP contribution in [-0.4, -0.2) is 22.4 Å². The summed E-state index contributed by atoms with van der Waals surface area (Å²) in [5.74, 6) is 0.254. The number of aryl methyl sites for hydroxylation is 3. The van der Waals surface area contributed by atoms with Gasteiger partial charge in [-0.15, -0.1) is 6.58 Å². The smallest absolute Gasteiger partial charge is 0.258 e. The highest BCUT2D eigenvalue weighted by molar-refractivity contribution is 6.04. The van der Waals surface area contributed by atoms with E-state index in [0.29, 0.717) is 18.1 Å². The van der Waals surface area contributed by atoms with Gasteiger partial charge in [-0.3, -0.25) is 4.79 Å². The summed E-state index contributed by atoms with van der Waals surface area (Å²) in [5.41, 5.74) is 4.51. The molecule has 0 atom stereocenters. The van der Waals surface area contributed by atoms with Gasteiger partial charge in [0.2, 0.25) is 5.95 Å². The van der Waals surface area contributed by atoms with Gasteiger partial charge >= 0.3 is 0 Å². The Morgan fingerprint density at radius 3 is 2.32 bits per heavy atom. The van der Waals surface area contributed by atoms with Crippen molar-refractivity contribution in [2.45, 2.75) is 20.8 Å². The fourth-order valence-electron chi connectivity index (χ4n) is 2.26. The molecule has 0 spiro atoms. The van der Waals surface area contributed by atoms with Gasteiger partial charge in [-0.2, -0.15) is 0 Å². The van der Waals surface area contributed by atoms with Crippen molar-refractivity contribution < 1.29 is 4.79 Å². The number of carbonyl (C=O) groups is 1. The molecule has 0 aliphatic heterocycles. The molecule has 5 heteroatoms. The van der Waals surface area contributed by atoms with Gasteiger partial charge in [0.1, 0.15) is 0 Å². The van der Waals surface area contributed by atoms with E-state index in [1.165, 1.54) is 18.0 Å². The van der Waals surface area contributed by atoms with Crippen molar-refractivity contribution in [3.05, 3.63) is 59.4 Å². The molecule has 1 aromatic heterocycles. The number of benzene rings is 1. The molecule has 0 aliphatic carbocycles. The first-order valence-electron chi connectivity index (χ1n) is 7.07. The Hall–Kier alpha value is -2.69. The standard InChI is InChI=1S/C17H20N4O/c1-5-6-18-17-19-9-14(10-20-17)16(22)21-15-12(3)7-11(2)8-13(15)4/h5,7-10H,1,6H2,2-4H3,(H,21,22)(H,18,19,20). The van der Waals surface area contributed by atoms with Gasteiger partial charge in [0.15, 0.2) is 0 Å². The molecule has 114 valence electrons. The number of hydrogen-bond donors (Lipinski definition) is 2. The van der Waals surface area contributed by atoms with Crippen molar-refractivity contribution in [3.8, 4) is 0 Å². The van der Waals surface area contributed by atoms with Crippen molar-refractivity contribution in [1.29, 1.82) is 0 Å². The maximum Gasteiger partial charge on any atom is 0.258 e. The number of carbonyl (C=O) groups excluding carboxylic acids is 1. The molecular weight excluding hydrogens is 276 g/mol. The van der Waals surface area contributed by atoms with E-state index in [-0.39, 0.29) is 5.91 Å². The van der Waals surface area contributed by atoms with Gasteiger partial charge in [-0.25, -0.2) is 9.97 Å². The Labute approximate surface area is 130 Å². The van der Waals surface area contributed by atoms with Gasteiger partial charge in [0.05, 0.1) is 5.56 Å². The molecule has 1 aromatic carbocycles. The topological polar surface area (TPSA) is 66.9 Å². The van der Waals surface area contributed by atoms with Crippen molar-refractivity contribution in [1.82, 2.24) is 9.97 Å². The number of nitrogens with one attached hydrogen (secondary N) is 2. The highest BCUT2D eigenvalue weighted by Gasteiger charge is 2.11.